The molecule has 236 valence electrons. The molecule has 0 saturated heterocycles. The number of H-pyrrole nitrogens is 1. The van der Waals surface area contributed by atoms with Crippen LogP contribution in [-0.2, 0) is 11.8 Å². The topological polar surface area (TPSA) is 44.8 Å². The van der Waals surface area contributed by atoms with Crippen LogP contribution in [0.5, 0.6) is 0 Å². The van der Waals surface area contributed by atoms with Crippen LogP contribution in [0.3, 0.4) is 0 Å². The molecule has 4 heteroatoms. The smallest absolute Gasteiger partial charge is 0.181 e. The van der Waals surface area contributed by atoms with Gasteiger partial charge in [0, 0.05) is 16.7 Å². The first kappa shape index (κ1) is 28.5. The van der Waals surface area contributed by atoms with Gasteiger partial charge in [-0.3, -0.25) is 5.10 Å². The molecule has 2 heterocycles. The van der Waals surface area contributed by atoms with Crippen molar-refractivity contribution in [3.8, 4) is 33.9 Å². The molecule has 1 aliphatic heterocycles. The molecule has 0 fully saturated rings. The summed E-state index contributed by atoms with van der Waals surface area (Å²) in [6.07, 6.45) is 0.926. The van der Waals surface area contributed by atoms with E-state index in [1.54, 1.807) is 0 Å². The number of rotatable bonds is 4. The van der Waals surface area contributed by atoms with Crippen LogP contribution in [0.15, 0.2) is 176 Å². The fraction of sp³-hybridized carbons (Fsp3) is 0.0435. The second kappa shape index (κ2) is 11.3. The number of nitrogens with one attached hydrogen (secondary N) is 1. The molecule has 1 spiro atoms. The number of fused-ring (bicyclic) bond motifs is 8. The molecule has 1 aromatic heterocycles. The Morgan fingerprint density at radius 2 is 0.920 bits per heavy atom. The minimum atomic E-state index is -0.463. The van der Waals surface area contributed by atoms with Crippen LogP contribution in [0.1, 0.15) is 33.4 Å². The highest BCUT2D eigenvalue weighted by Gasteiger charge is 2.49. The van der Waals surface area contributed by atoms with Crippen LogP contribution in [0.25, 0.3) is 33.9 Å². The fourth-order valence-corrected chi connectivity index (χ4v) is 8.44. The lowest BCUT2D eigenvalue weighted by atomic mass is 9.58. The fourth-order valence-electron chi connectivity index (χ4n) is 8.44. The van der Waals surface area contributed by atoms with Crippen molar-refractivity contribution in [3.63, 3.8) is 0 Å². The number of para-hydroxylation sites is 3. The molecule has 2 aliphatic rings. The Hall–Kier alpha value is -6.52. The van der Waals surface area contributed by atoms with Crippen molar-refractivity contribution in [2.45, 2.75) is 11.8 Å². The summed E-state index contributed by atoms with van der Waals surface area (Å²) in [5.74, 6) is 1.42. The monoisotopic (exact) mass is 640 g/mol. The van der Waals surface area contributed by atoms with Gasteiger partial charge >= 0.3 is 0 Å². The van der Waals surface area contributed by atoms with Gasteiger partial charge in [0.15, 0.2) is 11.6 Å². The van der Waals surface area contributed by atoms with E-state index in [4.69, 9.17) is 4.98 Å². The van der Waals surface area contributed by atoms with Crippen molar-refractivity contribution in [3.05, 3.63) is 209 Å². The number of nitrogens with zero attached hydrogens (tertiary/aromatic N) is 3. The van der Waals surface area contributed by atoms with E-state index in [9.17, 15) is 0 Å². The number of aromatic nitrogens is 3. The maximum Gasteiger partial charge on any atom is 0.181 e. The first-order valence-corrected chi connectivity index (χ1v) is 17.1. The largest absolute Gasteiger partial charge is 0.309 e. The predicted octanol–water partition coefficient (Wildman–Crippen LogP) is 10.9. The molecule has 0 unspecified atom stereocenters. The Labute approximate surface area is 291 Å². The number of hydrogen-bond acceptors (Lipinski definition) is 3. The highest BCUT2D eigenvalue weighted by atomic mass is 15.2. The van der Waals surface area contributed by atoms with Crippen molar-refractivity contribution in [1.82, 2.24) is 15.2 Å². The molecular formula is C46H32N4. The van der Waals surface area contributed by atoms with Crippen molar-refractivity contribution in [2.75, 3.05) is 4.90 Å². The summed E-state index contributed by atoms with van der Waals surface area (Å²) in [5, 5.41) is 7.85. The first-order chi connectivity index (χ1) is 24.8. The quantitative estimate of drug-likeness (QED) is 0.208. The van der Waals surface area contributed by atoms with Gasteiger partial charge in [0.25, 0.3) is 0 Å². The summed E-state index contributed by atoms with van der Waals surface area (Å²) in [6.45, 7) is 0. The van der Waals surface area contributed by atoms with Crippen LogP contribution in [0.2, 0.25) is 0 Å². The number of anilines is 3. The minimum absolute atomic E-state index is 0.463. The Balaban J connectivity index is 1.21. The molecule has 10 rings (SSSR count). The Morgan fingerprint density at radius 1 is 0.440 bits per heavy atom. The molecule has 0 bridgehead atoms. The SMILES string of the molecule is c1ccc(-c2n[nH]c(-c3ccccc3-c3ccccc3N3c4ccccc4C4(c5ccccc5Cc5ccccc54)c4ccccc43)n2)cc1. The van der Waals surface area contributed by atoms with E-state index in [1.165, 1.54) is 44.8 Å². The van der Waals surface area contributed by atoms with Crippen molar-refractivity contribution < 1.29 is 0 Å². The van der Waals surface area contributed by atoms with Crippen molar-refractivity contribution >= 4 is 17.1 Å². The number of hydrogen-bond donors (Lipinski definition) is 1. The predicted molar refractivity (Wildman–Crippen MR) is 202 cm³/mol. The van der Waals surface area contributed by atoms with E-state index >= 15 is 0 Å². The second-order valence-electron chi connectivity index (χ2n) is 13.0. The molecule has 0 atom stereocenters. The highest BCUT2D eigenvalue weighted by molar-refractivity contribution is 5.97. The molecule has 1 aliphatic carbocycles. The zero-order valence-electron chi connectivity index (χ0n) is 27.3. The standard InChI is InChI=1S/C46H32N4/c1-2-16-31(17-3-1)44-47-45(49-48-44)36-22-7-6-20-34(36)35-21-8-13-27-41(35)50-42-28-14-11-25-39(42)46(40-26-12-15-29-43(40)50)37-23-9-4-18-32(37)30-33-19-5-10-24-38(33)46/h1-29H,30H2,(H,47,48,49). The number of aromatic amines is 1. The molecule has 50 heavy (non-hydrogen) atoms. The summed E-state index contributed by atoms with van der Waals surface area (Å²) in [4.78, 5) is 7.44. The van der Waals surface area contributed by atoms with E-state index in [1.807, 2.05) is 30.3 Å². The minimum Gasteiger partial charge on any atom is -0.309 e. The maximum absolute atomic E-state index is 4.97. The molecule has 0 saturated carbocycles. The van der Waals surface area contributed by atoms with Gasteiger partial charge in [-0.15, -0.1) is 0 Å². The Morgan fingerprint density at radius 3 is 1.56 bits per heavy atom. The molecular weight excluding hydrogens is 609 g/mol. The molecule has 0 radical (unpaired) electrons. The summed E-state index contributed by atoms with van der Waals surface area (Å²) in [5.41, 5.74) is 15.2. The third-order valence-corrected chi connectivity index (χ3v) is 10.5. The van der Waals surface area contributed by atoms with E-state index in [2.05, 4.69) is 161 Å². The van der Waals surface area contributed by atoms with E-state index in [0.717, 1.165) is 40.2 Å². The average molecular weight is 641 g/mol. The van der Waals surface area contributed by atoms with Crippen LogP contribution < -0.4 is 4.90 Å². The number of benzene rings is 7. The summed E-state index contributed by atoms with van der Waals surface area (Å²) < 4.78 is 0. The lowest BCUT2D eigenvalue weighted by Gasteiger charge is -2.49. The van der Waals surface area contributed by atoms with Crippen molar-refractivity contribution in [2.24, 2.45) is 0 Å². The van der Waals surface area contributed by atoms with Gasteiger partial charge < -0.3 is 4.90 Å². The van der Waals surface area contributed by atoms with Crippen LogP contribution in [0.4, 0.5) is 17.1 Å². The van der Waals surface area contributed by atoms with Crippen LogP contribution in [-0.4, -0.2) is 15.2 Å². The lowest BCUT2D eigenvalue weighted by molar-refractivity contribution is 0.693. The molecule has 8 aromatic rings. The second-order valence-corrected chi connectivity index (χ2v) is 13.0. The first-order valence-electron chi connectivity index (χ1n) is 17.1. The third kappa shape index (κ3) is 4.12. The van der Waals surface area contributed by atoms with E-state index in [0.29, 0.717) is 5.82 Å². The maximum atomic E-state index is 4.97. The Kier molecular flexibility index (Phi) is 6.43. The van der Waals surface area contributed by atoms with Gasteiger partial charge in [-0.2, -0.15) is 5.10 Å². The lowest BCUT2D eigenvalue weighted by Crippen LogP contribution is -2.41. The zero-order valence-corrected chi connectivity index (χ0v) is 27.3. The molecule has 0 amide bonds. The zero-order chi connectivity index (χ0) is 33.1. The third-order valence-electron chi connectivity index (χ3n) is 10.5. The van der Waals surface area contributed by atoms with Crippen LogP contribution in [0, 0.1) is 0 Å². The van der Waals surface area contributed by atoms with Gasteiger partial charge in [0.1, 0.15) is 0 Å². The normalized spacial score (nSPS) is 13.6. The summed E-state index contributed by atoms with van der Waals surface area (Å²) >= 11 is 0. The summed E-state index contributed by atoms with van der Waals surface area (Å²) in [6, 6.07) is 63.4. The molecule has 1 N–H and O–H groups in total. The van der Waals surface area contributed by atoms with E-state index < -0.39 is 5.41 Å². The van der Waals surface area contributed by atoms with Gasteiger partial charge in [-0.05, 0) is 63.6 Å². The highest BCUT2D eigenvalue weighted by Crippen LogP contribution is 2.61. The average Bonchev–Trinajstić information content (AvgIpc) is 3.69. The van der Waals surface area contributed by atoms with E-state index in [-0.39, 0.29) is 0 Å². The molecule has 7 aromatic carbocycles. The molecule has 4 nitrogen and oxygen atoms in total. The van der Waals surface area contributed by atoms with Gasteiger partial charge in [-0.1, -0.05) is 158 Å². The van der Waals surface area contributed by atoms with Gasteiger partial charge in [0.05, 0.1) is 22.5 Å². The Bertz CT molecular complexity index is 2450. The van der Waals surface area contributed by atoms with Crippen molar-refractivity contribution in [1.29, 1.82) is 0 Å². The van der Waals surface area contributed by atoms with Crippen LogP contribution >= 0.6 is 0 Å². The summed E-state index contributed by atoms with van der Waals surface area (Å²) in [7, 11) is 0. The van der Waals surface area contributed by atoms with Gasteiger partial charge in [-0.25, -0.2) is 4.98 Å². The van der Waals surface area contributed by atoms with Gasteiger partial charge in [0.2, 0.25) is 0 Å².